The van der Waals surface area contributed by atoms with Gasteiger partial charge in [-0.15, -0.1) is 24.0 Å². The van der Waals surface area contributed by atoms with Crippen LogP contribution in [0.25, 0.3) is 0 Å². The first kappa shape index (κ1) is 15.1. The number of halogens is 1. The molecule has 106 valence electrons. The van der Waals surface area contributed by atoms with Crippen molar-refractivity contribution in [3.63, 3.8) is 0 Å². The van der Waals surface area contributed by atoms with Gasteiger partial charge in [-0.1, -0.05) is 19.9 Å². The highest BCUT2D eigenvalue weighted by Crippen LogP contribution is 2.26. The van der Waals surface area contributed by atoms with Crippen molar-refractivity contribution in [2.75, 3.05) is 6.54 Å². The van der Waals surface area contributed by atoms with Crippen molar-refractivity contribution in [3.05, 3.63) is 52.0 Å². The maximum atomic E-state index is 13.1. The number of hydrogen-bond donors (Lipinski definition) is 2. The molecular weight excluding hydrogens is 293 g/mol. The third-order valence-corrected chi connectivity index (χ3v) is 4.67. The molecule has 5 heteroatoms. The van der Waals surface area contributed by atoms with E-state index in [9.17, 15) is 9.18 Å². The molecule has 1 N–H and O–H groups in total. The quantitative estimate of drug-likeness (QED) is 0.825. The van der Waals surface area contributed by atoms with Gasteiger partial charge in [-0.05, 0) is 29.6 Å². The summed E-state index contributed by atoms with van der Waals surface area (Å²) >= 11 is 5.65. The van der Waals surface area contributed by atoms with Crippen molar-refractivity contribution in [1.82, 2.24) is 5.32 Å². The molecule has 0 aliphatic heterocycles. The number of carbonyl (C=O) groups excluding carboxylic acids is 1. The van der Waals surface area contributed by atoms with Crippen LogP contribution in [0.3, 0.4) is 0 Å². The van der Waals surface area contributed by atoms with Crippen LogP contribution in [0.15, 0.2) is 40.6 Å². The topological polar surface area (TPSA) is 29.1 Å². The number of carbonyl (C=O) groups is 1. The van der Waals surface area contributed by atoms with Crippen molar-refractivity contribution >= 4 is 29.9 Å². The number of thiol groups is 1. The van der Waals surface area contributed by atoms with E-state index in [0.29, 0.717) is 12.1 Å². The van der Waals surface area contributed by atoms with Crippen molar-refractivity contribution < 1.29 is 9.18 Å². The lowest BCUT2D eigenvalue weighted by Crippen LogP contribution is -2.36. The smallest absolute Gasteiger partial charge is 0.251 e. The average molecular weight is 309 g/mol. The van der Waals surface area contributed by atoms with Gasteiger partial charge in [-0.25, -0.2) is 4.39 Å². The molecule has 0 radical (unpaired) electrons. The summed E-state index contributed by atoms with van der Waals surface area (Å²) < 4.78 is 13.1. The molecule has 2 rings (SSSR count). The van der Waals surface area contributed by atoms with Gasteiger partial charge in [0, 0.05) is 27.3 Å². The van der Waals surface area contributed by atoms with Crippen molar-refractivity contribution in [2.45, 2.75) is 24.2 Å². The highest BCUT2D eigenvalue weighted by atomic mass is 32.1. The summed E-state index contributed by atoms with van der Waals surface area (Å²) in [4.78, 5) is 13.5. The molecule has 1 heterocycles. The Hall–Kier alpha value is -1.33. The molecule has 1 aromatic heterocycles. The zero-order chi connectivity index (χ0) is 14.8. The summed E-state index contributed by atoms with van der Waals surface area (Å²) in [6.45, 7) is 4.67. The lowest BCUT2D eigenvalue weighted by atomic mass is 9.91. The Morgan fingerprint density at radius 1 is 1.40 bits per heavy atom. The monoisotopic (exact) mass is 309 g/mol. The number of hydrogen-bond acceptors (Lipinski definition) is 3. The van der Waals surface area contributed by atoms with Gasteiger partial charge in [0.2, 0.25) is 0 Å². The first-order chi connectivity index (χ1) is 9.40. The van der Waals surface area contributed by atoms with E-state index >= 15 is 0 Å². The summed E-state index contributed by atoms with van der Waals surface area (Å²) in [5.74, 6) is -0.645. The molecule has 0 aliphatic carbocycles. The lowest BCUT2D eigenvalue weighted by Gasteiger charge is -2.23. The number of nitrogens with one attached hydrogen (secondary N) is 1. The Balaban J connectivity index is 2.03. The molecule has 2 aromatic rings. The second kappa shape index (κ2) is 5.97. The molecule has 0 saturated heterocycles. The Morgan fingerprint density at radius 2 is 2.15 bits per heavy atom. The number of rotatable bonds is 4. The van der Waals surface area contributed by atoms with E-state index in [-0.39, 0.29) is 16.2 Å². The summed E-state index contributed by atoms with van der Waals surface area (Å²) in [7, 11) is 0. The molecule has 2 nitrogen and oxygen atoms in total. The number of thiophene rings is 1. The molecular formula is C15H16FNOS2. The van der Waals surface area contributed by atoms with Gasteiger partial charge >= 0.3 is 0 Å². The molecule has 0 fully saturated rings. The van der Waals surface area contributed by atoms with E-state index in [1.807, 2.05) is 11.4 Å². The Labute approximate surface area is 127 Å². The van der Waals surface area contributed by atoms with Crippen LogP contribution in [-0.4, -0.2) is 12.5 Å². The van der Waals surface area contributed by atoms with Crippen molar-refractivity contribution in [1.29, 1.82) is 0 Å². The van der Waals surface area contributed by atoms with E-state index in [0.717, 1.165) is 0 Å². The van der Waals surface area contributed by atoms with Gasteiger partial charge in [0.05, 0.1) is 0 Å². The van der Waals surface area contributed by atoms with Crippen LogP contribution in [0.1, 0.15) is 29.1 Å². The van der Waals surface area contributed by atoms with Crippen LogP contribution in [0.5, 0.6) is 0 Å². The molecule has 1 amide bonds. The molecule has 1 aromatic carbocycles. The van der Waals surface area contributed by atoms with Crippen LogP contribution >= 0.6 is 24.0 Å². The van der Waals surface area contributed by atoms with Gasteiger partial charge in [-0.2, -0.15) is 0 Å². The van der Waals surface area contributed by atoms with Crippen LogP contribution in [0.2, 0.25) is 0 Å². The highest BCUT2D eigenvalue weighted by molar-refractivity contribution is 7.80. The zero-order valence-corrected chi connectivity index (χ0v) is 13.0. The molecule has 20 heavy (non-hydrogen) atoms. The second-order valence-electron chi connectivity index (χ2n) is 5.21. The maximum absolute atomic E-state index is 13.1. The van der Waals surface area contributed by atoms with Gasteiger partial charge in [0.15, 0.2) is 0 Å². The fraction of sp³-hybridized carbons (Fsp3) is 0.267. The second-order valence-corrected chi connectivity index (χ2v) is 6.64. The van der Waals surface area contributed by atoms with E-state index < -0.39 is 5.82 Å². The Morgan fingerprint density at radius 3 is 2.75 bits per heavy atom. The Kier molecular flexibility index (Phi) is 4.50. The molecule has 0 saturated carbocycles. The summed E-state index contributed by atoms with van der Waals surface area (Å²) in [5, 5.41) is 4.91. The molecule has 0 spiro atoms. The standard InChI is InChI=1S/C15H16FNOS2/c1-15(2,13-4-3-7-20-13)9-17-14(18)10-5-6-11(16)12(19)8-10/h3-8,19H,9H2,1-2H3,(H,17,18). The van der Waals surface area contributed by atoms with E-state index in [1.165, 1.54) is 23.1 Å². The normalized spacial score (nSPS) is 11.4. The fourth-order valence-electron chi connectivity index (χ4n) is 1.81. The zero-order valence-electron chi connectivity index (χ0n) is 11.3. The fourth-order valence-corrected chi connectivity index (χ4v) is 2.87. The van der Waals surface area contributed by atoms with E-state index in [2.05, 4.69) is 37.9 Å². The highest BCUT2D eigenvalue weighted by Gasteiger charge is 2.22. The lowest BCUT2D eigenvalue weighted by molar-refractivity contribution is 0.0945. The average Bonchev–Trinajstić information content (AvgIpc) is 2.94. The van der Waals surface area contributed by atoms with Crippen molar-refractivity contribution in [3.8, 4) is 0 Å². The van der Waals surface area contributed by atoms with E-state index in [4.69, 9.17) is 0 Å². The minimum atomic E-state index is -0.427. The minimum Gasteiger partial charge on any atom is -0.351 e. The molecule has 0 unspecified atom stereocenters. The number of amides is 1. The number of benzene rings is 1. The third kappa shape index (κ3) is 3.41. The predicted molar refractivity (Wildman–Crippen MR) is 83.3 cm³/mol. The summed E-state index contributed by atoms with van der Waals surface area (Å²) in [6, 6.07) is 8.20. The first-order valence-electron chi connectivity index (χ1n) is 6.21. The van der Waals surface area contributed by atoms with Gasteiger partial charge < -0.3 is 5.32 Å². The van der Waals surface area contributed by atoms with Crippen LogP contribution in [-0.2, 0) is 5.41 Å². The van der Waals surface area contributed by atoms with E-state index in [1.54, 1.807) is 11.3 Å². The largest absolute Gasteiger partial charge is 0.351 e. The summed E-state index contributed by atoms with van der Waals surface area (Å²) in [5.41, 5.74) is 0.284. The Bertz CT molecular complexity index is 608. The molecule has 0 bridgehead atoms. The SMILES string of the molecule is CC(C)(CNC(=O)c1ccc(F)c(S)c1)c1cccs1. The summed E-state index contributed by atoms with van der Waals surface area (Å²) in [6.07, 6.45) is 0. The first-order valence-corrected chi connectivity index (χ1v) is 7.53. The van der Waals surface area contributed by atoms with Crippen LogP contribution in [0.4, 0.5) is 4.39 Å². The predicted octanol–water partition coefficient (Wildman–Crippen LogP) is 3.88. The van der Waals surface area contributed by atoms with Gasteiger partial charge in [0.25, 0.3) is 5.91 Å². The van der Waals surface area contributed by atoms with Gasteiger partial charge in [0.1, 0.15) is 5.82 Å². The van der Waals surface area contributed by atoms with Crippen LogP contribution < -0.4 is 5.32 Å². The molecule has 0 atom stereocenters. The third-order valence-electron chi connectivity index (χ3n) is 3.09. The maximum Gasteiger partial charge on any atom is 0.251 e. The van der Waals surface area contributed by atoms with Gasteiger partial charge in [-0.3, -0.25) is 4.79 Å². The van der Waals surface area contributed by atoms with Crippen molar-refractivity contribution in [2.24, 2.45) is 0 Å². The minimum absolute atomic E-state index is 0.131. The molecule has 0 aliphatic rings. The van der Waals surface area contributed by atoms with Crippen LogP contribution in [0, 0.1) is 5.82 Å².